The number of primary amides is 1. The van der Waals surface area contributed by atoms with E-state index in [2.05, 4.69) is 18.8 Å². The van der Waals surface area contributed by atoms with Gasteiger partial charge in [-0.15, -0.1) is 0 Å². The average molecular weight is 287 g/mol. The van der Waals surface area contributed by atoms with E-state index in [4.69, 9.17) is 5.73 Å². The maximum atomic E-state index is 12.7. The van der Waals surface area contributed by atoms with E-state index >= 15 is 0 Å². The van der Waals surface area contributed by atoms with Gasteiger partial charge in [0.25, 0.3) is 11.5 Å². The number of hydrogen-bond acceptors (Lipinski definition) is 3. The molecule has 5 heteroatoms. The van der Waals surface area contributed by atoms with Crippen molar-refractivity contribution in [1.29, 1.82) is 0 Å². The van der Waals surface area contributed by atoms with E-state index in [1.807, 2.05) is 0 Å². The van der Waals surface area contributed by atoms with Gasteiger partial charge in [0.1, 0.15) is 0 Å². The molecule has 0 bridgehead atoms. The van der Waals surface area contributed by atoms with Gasteiger partial charge in [0, 0.05) is 6.04 Å². The van der Waals surface area contributed by atoms with Gasteiger partial charge >= 0.3 is 0 Å². The standard InChI is InChI=1S/C16H21N3O2/c1-3-6-11(7-4-2)19-10-18-14-12(15(17)20)8-5-9-13(14)16(19)21/h5,8-11H,3-4,6-7H2,1-2H3,(H2,17,20). The van der Waals surface area contributed by atoms with Crippen LogP contribution in [0.25, 0.3) is 10.9 Å². The molecule has 0 unspecified atom stereocenters. The molecule has 0 saturated carbocycles. The summed E-state index contributed by atoms with van der Waals surface area (Å²) in [6.45, 7) is 4.21. The van der Waals surface area contributed by atoms with Gasteiger partial charge < -0.3 is 5.73 Å². The highest BCUT2D eigenvalue weighted by Gasteiger charge is 2.15. The van der Waals surface area contributed by atoms with Crippen molar-refractivity contribution in [1.82, 2.24) is 9.55 Å². The quantitative estimate of drug-likeness (QED) is 0.887. The van der Waals surface area contributed by atoms with Crippen molar-refractivity contribution in [3.8, 4) is 0 Å². The Morgan fingerprint density at radius 2 is 1.95 bits per heavy atom. The molecule has 1 aromatic heterocycles. The third-order valence-corrected chi connectivity index (χ3v) is 3.71. The minimum Gasteiger partial charge on any atom is -0.366 e. The van der Waals surface area contributed by atoms with Crippen LogP contribution in [0.1, 0.15) is 55.9 Å². The molecule has 0 aliphatic carbocycles. The highest BCUT2D eigenvalue weighted by molar-refractivity contribution is 6.04. The Hall–Kier alpha value is -2.17. The molecule has 0 saturated heterocycles. The minimum absolute atomic E-state index is 0.102. The summed E-state index contributed by atoms with van der Waals surface area (Å²) in [6, 6.07) is 5.12. The zero-order valence-corrected chi connectivity index (χ0v) is 12.5. The lowest BCUT2D eigenvalue weighted by Gasteiger charge is -2.18. The van der Waals surface area contributed by atoms with Crippen LogP contribution in [0.4, 0.5) is 0 Å². The van der Waals surface area contributed by atoms with Gasteiger partial charge in [-0.25, -0.2) is 4.98 Å². The molecule has 1 aromatic carbocycles. The van der Waals surface area contributed by atoms with Gasteiger partial charge in [0.05, 0.1) is 22.8 Å². The van der Waals surface area contributed by atoms with E-state index < -0.39 is 5.91 Å². The van der Waals surface area contributed by atoms with Crippen molar-refractivity contribution in [3.63, 3.8) is 0 Å². The molecular weight excluding hydrogens is 266 g/mol. The van der Waals surface area contributed by atoms with Crippen molar-refractivity contribution >= 4 is 16.8 Å². The van der Waals surface area contributed by atoms with Gasteiger partial charge in [-0.3, -0.25) is 14.2 Å². The number of aromatic nitrogens is 2. The fourth-order valence-electron chi connectivity index (χ4n) is 2.71. The summed E-state index contributed by atoms with van der Waals surface area (Å²) >= 11 is 0. The van der Waals surface area contributed by atoms with Gasteiger partial charge in [0.2, 0.25) is 0 Å². The lowest BCUT2D eigenvalue weighted by Crippen LogP contribution is -2.26. The zero-order chi connectivity index (χ0) is 15.4. The minimum atomic E-state index is -0.566. The maximum Gasteiger partial charge on any atom is 0.261 e. The molecular formula is C16H21N3O2. The molecule has 21 heavy (non-hydrogen) atoms. The van der Waals surface area contributed by atoms with Crippen LogP contribution in [0.5, 0.6) is 0 Å². The van der Waals surface area contributed by atoms with Gasteiger partial charge in [-0.05, 0) is 25.0 Å². The first-order chi connectivity index (χ1) is 10.1. The van der Waals surface area contributed by atoms with Gasteiger partial charge in [-0.2, -0.15) is 0 Å². The predicted molar refractivity (Wildman–Crippen MR) is 83.4 cm³/mol. The largest absolute Gasteiger partial charge is 0.366 e. The number of nitrogens with two attached hydrogens (primary N) is 1. The molecule has 0 fully saturated rings. The van der Waals surface area contributed by atoms with Crippen LogP contribution in [0, 0.1) is 0 Å². The summed E-state index contributed by atoms with van der Waals surface area (Å²) in [5, 5.41) is 0.450. The van der Waals surface area contributed by atoms with E-state index in [1.165, 1.54) is 0 Å². The van der Waals surface area contributed by atoms with Crippen molar-refractivity contribution in [3.05, 3.63) is 40.4 Å². The van der Waals surface area contributed by atoms with Crippen molar-refractivity contribution in [2.24, 2.45) is 5.73 Å². The molecule has 2 aromatic rings. The van der Waals surface area contributed by atoms with Crippen LogP contribution in [0.2, 0.25) is 0 Å². The number of rotatable bonds is 6. The first kappa shape index (κ1) is 15.2. The number of carbonyl (C=O) groups excluding carboxylic acids is 1. The summed E-state index contributed by atoms with van der Waals surface area (Å²) in [5.74, 6) is -0.566. The van der Waals surface area contributed by atoms with Gasteiger partial charge in [0.15, 0.2) is 0 Å². The highest BCUT2D eigenvalue weighted by Crippen LogP contribution is 2.20. The summed E-state index contributed by atoms with van der Waals surface area (Å²) in [4.78, 5) is 28.4. The summed E-state index contributed by atoms with van der Waals surface area (Å²) in [5.41, 5.74) is 5.91. The number of para-hydroxylation sites is 1. The number of nitrogens with zero attached hydrogens (tertiary/aromatic N) is 2. The molecule has 5 nitrogen and oxygen atoms in total. The average Bonchev–Trinajstić information content (AvgIpc) is 2.47. The third-order valence-electron chi connectivity index (χ3n) is 3.71. The lowest BCUT2D eigenvalue weighted by molar-refractivity contribution is 0.100. The third kappa shape index (κ3) is 2.96. The normalized spacial score (nSPS) is 11.2. The Bertz CT molecular complexity index is 700. The fourth-order valence-corrected chi connectivity index (χ4v) is 2.71. The Labute approximate surface area is 123 Å². The molecule has 0 aliphatic rings. The van der Waals surface area contributed by atoms with E-state index in [0.717, 1.165) is 25.7 Å². The number of carbonyl (C=O) groups is 1. The number of fused-ring (bicyclic) bond motifs is 1. The number of benzene rings is 1. The Morgan fingerprint density at radius 3 is 2.52 bits per heavy atom. The molecule has 0 spiro atoms. The molecule has 0 aliphatic heterocycles. The molecule has 1 amide bonds. The first-order valence-corrected chi connectivity index (χ1v) is 7.39. The molecule has 1 heterocycles. The molecule has 0 radical (unpaired) electrons. The summed E-state index contributed by atoms with van der Waals surface area (Å²) < 4.78 is 1.69. The van der Waals surface area contributed by atoms with Crippen LogP contribution in [-0.4, -0.2) is 15.5 Å². The van der Waals surface area contributed by atoms with E-state index in [0.29, 0.717) is 16.5 Å². The van der Waals surface area contributed by atoms with Crippen LogP contribution < -0.4 is 11.3 Å². The second-order valence-corrected chi connectivity index (χ2v) is 5.25. The smallest absolute Gasteiger partial charge is 0.261 e. The van der Waals surface area contributed by atoms with Crippen LogP contribution in [0.15, 0.2) is 29.3 Å². The molecule has 0 atom stereocenters. The summed E-state index contributed by atoms with van der Waals surface area (Å²) in [7, 11) is 0. The fraction of sp³-hybridized carbons (Fsp3) is 0.438. The Kier molecular flexibility index (Phi) is 4.73. The van der Waals surface area contributed by atoms with Crippen LogP contribution >= 0.6 is 0 Å². The highest BCUT2D eigenvalue weighted by atomic mass is 16.1. The topological polar surface area (TPSA) is 78.0 Å². The lowest BCUT2D eigenvalue weighted by atomic mass is 10.1. The SMILES string of the molecule is CCCC(CCC)n1cnc2c(C(N)=O)cccc2c1=O. The summed E-state index contributed by atoms with van der Waals surface area (Å²) in [6.07, 6.45) is 5.45. The predicted octanol–water partition coefficient (Wildman–Crippen LogP) is 2.64. The second-order valence-electron chi connectivity index (χ2n) is 5.25. The van der Waals surface area contributed by atoms with Crippen LogP contribution in [0.3, 0.4) is 0 Å². The first-order valence-electron chi connectivity index (χ1n) is 7.39. The Morgan fingerprint density at radius 1 is 1.29 bits per heavy atom. The van der Waals surface area contributed by atoms with E-state index in [-0.39, 0.29) is 11.6 Å². The monoisotopic (exact) mass is 287 g/mol. The van der Waals surface area contributed by atoms with Crippen molar-refractivity contribution < 1.29 is 4.79 Å². The van der Waals surface area contributed by atoms with Gasteiger partial charge in [-0.1, -0.05) is 32.8 Å². The number of amides is 1. The number of hydrogen-bond donors (Lipinski definition) is 1. The van der Waals surface area contributed by atoms with E-state index in [1.54, 1.807) is 29.1 Å². The zero-order valence-electron chi connectivity index (χ0n) is 12.5. The van der Waals surface area contributed by atoms with Crippen molar-refractivity contribution in [2.45, 2.75) is 45.6 Å². The van der Waals surface area contributed by atoms with Crippen molar-refractivity contribution in [2.75, 3.05) is 0 Å². The molecule has 2 N–H and O–H groups in total. The van der Waals surface area contributed by atoms with E-state index in [9.17, 15) is 9.59 Å². The second kappa shape index (κ2) is 6.52. The van der Waals surface area contributed by atoms with Crippen LogP contribution in [-0.2, 0) is 0 Å². The molecule has 2 rings (SSSR count). The maximum absolute atomic E-state index is 12.7. The Balaban J connectivity index is 2.61. The molecule has 112 valence electrons.